The number of hydrogen-bond donors (Lipinski definition) is 1. The van der Waals surface area contributed by atoms with E-state index in [1.165, 1.54) is 38.5 Å². The Kier molecular flexibility index (Phi) is 7.37. The molecule has 0 aromatic carbocycles. The molecule has 1 saturated carbocycles. The van der Waals surface area contributed by atoms with Gasteiger partial charge in [0.2, 0.25) is 0 Å². The van der Waals surface area contributed by atoms with Crippen molar-refractivity contribution in [2.24, 2.45) is 5.41 Å². The third kappa shape index (κ3) is 6.26. The van der Waals surface area contributed by atoms with Gasteiger partial charge in [-0.05, 0) is 44.1 Å². The first-order valence-electron chi connectivity index (χ1n) is 7.95. The minimum absolute atomic E-state index is 0.286. The summed E-state index contributed by atoms with van der Waals surface area (Å²) in [5.41, 5.74) is 0.372. The van der Waals surface area contributed by atoms with E-state index in [0.717, 1.165) is 25.9 Å². The Labute approximate surface area is 119 Å². The minimum atomic E-state index is -2.79. The Morgan fingerprint density at radius 1 is 1.11 bits per heavy atom. The van der Waals surface area contributed by atoms with E-state index in [1.54, 1.807) is 6.92 Å². The van der Waals surface area contributed by atoms with Crippen molar-refractivity contribution in [3.63, 3.8) is 0 Å². The van der Waals surface area contributed by atoms with Crippen LogP contribution in [0.1, 0.15) is 65.2 Å². The van der Waals surface area contributed by atoms with Crippen molar-refractivity contribution in [2.75, 3.05) is 24.6 Å². The SMILES string of the molecule is CCCNCC1(CCCS(=O)(=O)CC)CCCCC1. The Hall–Kier alpha value is -0.0900. The van der Waals surface area contributed by atoms with Gasteiger partial charge < -0.3 is 5.32 Å². The molecule has 1 rings (SSSR count). The predicted octanol–water partition coefficient (Wildman–Crippen LogP) is 3.15. The maximum absolute atomic E-state index is 11.6. The molecule has 0 aromatic rings. The average molecular weight is 289 g/mol. The van der Waals surface area contributed by atoms with Gasteiger partial charge in [0, 0.05) is 12.3 Å². The summed E-state index contributed by atoms with van der Waals surface area (Å²) < 4.78 is 23.2. The van der Waals surface area contributed by atoms with Gasteiger partial charge in [0.1, 0.15) is 9.84 Å². The third-order valence-corrected chi connectivity index (χ3v) is 6.23. The summed E-state index contributed by atoms with van der Waals surface area (Å²) in [6, 6.07) is 0. The van der Waals surface area contributed by atoms with Crippen LogP contribution in [0.4, 0.5) is 0 Å². The molecule has 0 unspecified atom stereocenters. The van der Waals surface area contributed by atoms with Crippen LogP contribution in [-0.4, -0.2) is 33.0 Å². The smallest absolute Gasteiger partial charge is 0.150 e. The van der Waals surface area contributed by atoms with Crippen molar-refractivity contribution in [2.45, 2.75) is 65.2 Å². The molecule has 1 N–H and O–H groups in total. The van der Waals surface area contributed by atoms with E-state index < -0.39 is 9.84 Å². The first kappa shape index (κ1) is 17.0. The first-order chi connectivity index (χ1) is 9.04. The van der Waals surface area contributed by atoms with Gasteiger partial charge in [0.05, 0.1) is 5.75 Å². The summed E-state index contributed by atoms with van der Waals surface area (Å²) in [6.45, 7) is 6.09. The molecular formula is C15H31NO2S. The van der Waals surface area contributed by atoms with Crippen LogP contribution < -0.4 is 5.32 Å². The average Bonchev–Trinajstić information content (AvgIpc) is 2.40. The number of sulfone groups is 1. The van der Waals surface area contributed by atoms with Crippen molar-refractivity contribution in [3.8, 4) is 0 Å². The van der Waals surface area contributed by atoms with E-state index in [2.05, 4.69) is 12.2 Å². The lowest BCUT2D eigenvalue weighted by Crippen LogP contribution is -2.37. The molecule has 0 aromatic heterocycles. The fraction of sp³-hybridized carbons (Fsp3) is 1.00. The minimum Gasteiger partial charge on any atom is -0.316 e. The molecule has 0 atom stereocenters. The highest BCUT2D eigenvalue weighted by Gasteiger charge is 2.31. The first-order valence-corrected chi connectivity index (χ1v) is 9.77. The molecule has 0 spiro atoms. The zero-order valence-electron chi connectivity index (χ0n) is 12.7. The van der Waals surface area contributed by atoms with Gasteiger partial charge in [-0.15, -0.1) is 0 Å². The fourth-order valence-corrected chi connectivity index (χ4v) is 4.03. The molecule has 1 aliphatic rings. The summed E-state index contributed by atoms with van der Waals surface area (Å²) in [6.07, 6.45) is 9.60. The highest BCUT2D eigenvalue weighted by molar-refractivity contribution is 7.91. The second kappa shape index (κ2) is 8.25. The molecule has 4 heteroatoms. The maximum Gasteiger partial charge on any atom is 0.150 e. The van der Waals surface area contributed by atoms with E-state index in [4.69, 9.17) is 0 Å². The largest absolute Gasteiger partial charge is 0.316 e. The summed E-state index contributed by atoms with van der Waals surface area (Å²) in [5.74, 6) is 0.660. The number of hydrogen-bond acceptors (Lipinski definition) is 3. The second-order valence-electron chi connectivity index (χ2n) is 6.08. The highest BCUT2D eigenvalue weighted by atomic mass is 32.2. The topological polar surface area (TPSA) is 46.2 Å². The molecule has 1 aliphatic carbocycles. The van der Waals surface area contributed by atoms with Crippen LogP contribution in [-0.2, 0) is 9.84 Å². The number of rotatable bonds is 9. The summed E-state index contributed by atoms with van der Waals surface area (Å²) >= 11 is 0. The van der Waals surface area contributed by atoms with E-state index in [1.807, 2.05) is 0 Å². The lowest BCUT2D eigenvalue weighted by Gasteiger charge is -2.38. The van der Waals surface area contributed by atoms with Crippen LogP contribution >= 0.6 is 0 Å². The van der Waals surface area contributed by atoms with E-state index in [0.29, 0.717) is 11.2 Å². The van der Waals surface area contributed by atoms with E-state index >= 15 is 0 Å². The van der Waals surface area contributed by atoms with Crippen LogP contribution in [0, 0.1) is 5.41 Å². The van der Waals surface area contributed by atoms with Crippen LogP contribution in [0.2, 0.25) is 0 Å². The van der Waals surface area contributed by atoms with E-state index in [9.17, 15) is 8.42 Å². The molecule has 0 radical (unpaired) electrons. The predicted molar refractivity (Wildman–Crippen MR) is 82.2 cm³/mol. The second-order valence-corrected chi connectivity index (χ2v) is 8.55. The zero-order valence-corrected chi connectivity index (χ0v) is 13.5. The van der Waals surface area contributed by atoms with Gasteiger partial charge in [-0.2, -0.15) is 0 Å². The Morgan fingerprint density at radius 3 is 2.37 bits per heavy atom. The van der Waals surface area contributed by atoms with Crippen LogP contribution in [0.5, 0.6) is 0 Å². The van der Waals surface area contributed by atoms with Crippen LogP contribution in [0.25, 0.3) is 0 Å². The summed E-state index contributed by atoms with van der Waals surface area (Å²) in [4.78, 5) is 0. The zero-order chi connectivity index (χ0) is 14.2. The Balaban J connectivity index is 2.45. The van der Waals surface area contributed by atoms with Crippen molar-refractivity contribution in [3.05, 3.63) is 0 Å². The quantitative estimate of drug-likeness (QED) is 0.663. The lowest BCUT2D eigenvalue weighted by atomic mass is 9.71. The van der Waals surface area contributed by atoms with Crippen molar-refractivity contribution < 1.29 is 8.42 Å². The van der Waals surface area contributed by atoms with Crippen molar-refractivity contribution in [1.82, 2.24) is 5.32 Å². The van der Waals surface area contributed by atoms with Gasteiger partial charge in [-0.25, -0.2) is 8.42 Å². The van der Waals surface area contributed by atoms with Gasteiger partial charge in [0.25, 0.3) is 0 Å². The standard InChI is InChI=1S/C15H31NO2S/c1-3-12-16-14-15(9-6-5-7-10-15)11-8-13-19(17,18)4-2/h16H,3-14H2,1-2H3. The van der Waals surface area contributed by atoms with Crippen LogP contribution in [0.3, 0.4) is 0 Å². The molecule has 0 amide bonds. The molecule has 0 saturated heterocycles. The van der Waals surface area contributed by atoms with Gasteiger partial charge in [-0.1, -0.05) is 33.1 Å². The molecule has 114 valence electrons. The molecule has 0 aliphatic heterocycles. The van der Waals surface area contributed by atoms with Crippen LogP contribution in [0.15, 0.2) is 0 Å². The number of nitrogens with one attached hydrogen (secondary N) is 1. The molecule has 1 fully saturated rings. The molecule has 0 heterocycles. The van der Waals surface area contributed by atoms with Crippen molar-refractivity contribution in [1.29, 1.82) is 0 Å². The third-order valence-electron chi connectivity index (χ3n) is 4.44. The summed E-state index contributed by atoms with van der Waals surface area (Å²) in [7, 11) is -2.79. The fourth-order valence-electron chi connectivity index (χ4n) is 3.16. The highest BCUT2D eigenvalue weighted by Crippen LogP contribution is 2.39. The molecule has 0 bridgehead atoms. The lowest BCUT2D eigenvalue weighted by molar-refractivity contribution is 0.166. The van der Waals surface area contributed by atoms with E-state index in [-0.39, 0.29) is 5.75 Å². The Morgan fingerprint density at radius 2 is 1.79 bits per heavy atom. The molecule has 3 nitrogen and oxygen atoms in total. The van der Waals surface area contributed by atoms with Gasteiger partial charge in [-0.3, -0.25) is 0 Å². The molecule has 19 heavy (non-hydrogen) atoms. The summed E-state index contributed by atoms with van der Waals surface area (Å²) in [5, 5.41) is 3.56. The van der Waals surface area contributed by atoms with Crippen molar-refractivity contribution >= 4 is 9.84 Å². The van der Waals surface area contributed by atoms with Gasteiger partial charge >= 0.3 is 0 Å². The van der Waals surface area contributed by atoms with Gasteiger partial charge in [0.15, 0.2) is 0 Å². The molecular weight excluding hydrogens is 258 g/mol. The Bertz CT molecular complexity index is 332. The normalized spacial score (nSPS) is 19.5. The maximum atomic E-state index is 11.6. The monoisotopic (exact) mass is 289 g/mol.